The first-order chi connectivity index (χ1) is 13.0. The van der Waals surface area contributed by atoms with Crippen LogP contribution in [-0.2, 0) is 4.74 Å². The molecule has 1 fully saturated rings. The SMILES string of the molecule is Cc1cc(N)cnc1SNc1nc(-c2ccc(F)c(F)c2)c(C2COC2)s1. The molecular formula is C18H16F2N4OS2. The van der Waals surface area contributed by atoms with E-state index in [1.54, 1.807) is 12.3 Å². The molecule has 0 atom stereocenters. The van der Waals surface area contributed by atoms with Gasteiger partial charge in [0, 0.05) is 28.3 Å². The van der Waals surface area contributed by atoms with Crippen molar-refractivity contribution in [1.82, 2.24) is 9.97 Å². The van der Waals surface area contributed by atoms with Gasteiger partial charge in [-0.2, -0.15) is 0 Å². The number of nitrogen functional groups attached to an aromatic ring is 1. The number of aryl methyl sites for hydroxylation is 1. The third kappa shape index (κ3) is 3.76. The van der Waals surface area contributed by atoms with Crippen LogP contribution in [0.5, 0.6) is 0 Å². The second-order valence-electron chi connectivity index (χ2n) is 6.19. The minimum Gasteiger partial charge on any atom is -0.397 e. The van der Waals surface area contributed by atoms with E-state index in [9.17, 15) is 8.78 Å². The van der Waals surface area contributed by atoms with Crippen molar-refractivity contribution in [3.8, 4) is 11.3 Å². The number of pyridine rings is 1. The van der Waals surface area contributed by atoms with Crippen molar-refractivity contribution >= 4 is 34.1 Å². The molecule has 1 saturated heterocycles. The Kier molecular flexibility index (Phi) is 4.98. The number of halogens is 2. The molecule has 0 spiro atoms. The van der Waals surface area contributed by atoms with Crippen molar-refractivity contribution in [2.24, 2.45) is 0 Å². The van der Waals surface area contributed by atoms with E-state index in [2.05, 4.69) is 14.7 Å². The van der Waals surface area contributed by atoms with Gasteiger partial charge >= 0.3 is 0 Å². The number of nitrogens with zero attached hydrogens (tertiary/aromatic N) is 2. The van der Waals surface area contributed by atoms with Crippen molar-refractivity contribution in [3.63, 3.8) is 0 Å². The lowest BCUT2D eigenvalue weighted by Crippen LogP contribution is -2.24. The van der Waals surface area contributed by atoms with Gasteiger partial charge in [-0.3, -0.25) is 0 Å². The molecule has 3 heterocycles. The third-order valence-corrected chi connectivity index (χ3v) is 6.32. The Morgan fingerprint density at radius 3 is 2.74 bits per heavy atom. The highest BCUT2D eigenvalue weighted by molar-refractivity contribution is 8.00. The Labute approximate surface area is 163 Å². The van der Waals surface area contributed by atoms with Crippen LogP contribution in [0.4, 0.5) is 19.6 Å². The van der Waals surface area contributed by atoms with Gasteiger partial charge in [-0.15, -0.1) is 11.3 Å². The topological polar surface area (TPSA) is 73.1 Å². The number of rotatable bonds is 5. The van der Waals surface area contributed by atoms with Gasteiger partial charge in [0.05, 0.1) is 30.8 Å². The van der Waals surface area contributed by atoms with Gasteiger partial charge in [0.25, 0.3) is 0 Å². The fraction of sp³-hybridized carbons (Fsp3) is 0.222. The standard InChI is InChI=1S/C18H16F2N4OS2/c1-9-4-12(21)6-22-17(9)27-24-18-23-15(16(26-18)11-7-25-8-11)10-2-3-13(19)14(20)5-10/h2-6,11H,7-8,21H2,1H3,(H,23,24). The zero-order valence-electron chi connectivity index (χ0n) is 14.3. The third-order valence-electron chi connectivity index (χ3n) is 4.14. The van der Waals surface area contributed by atoms with Crippen LogP contribution in [0.1, 0.15) is 16.4 Å². The first-order valence-corrected chi connectivity index (χ1v) is 9.83. The number of aromatic nitrogens is 2. The highest BCUT2D eigenvalue weighted by Gasteiger charge is 2.28. The molecule has 0 amide bonds. The summed E-state index contributed by atoms with van der Waals surface area (Å²) in [5.41, 5.74) is 8.49. The fourth-order valence-electron chi connectivity index (χ4n) is 2.67. The number of nitrogens with two attached hydrogens (primary N) is 1. The Bertz CT molecular complexity index is 991. The maximum absolute atomic E-state index is 13.7. The van der Waals surface area contributed by atoms with Crippen molar-refractivity contribution in [3.05, 3.63) is 52.5 Å². The molecule has 27 heavy (non-hydrogen) atoms. The summed E-state index contributed by atoms with van der Waals surface area (Å²) in [4.78, 5) is 9.91. The van der Waals surface area contributed by atoms with Crippen molar-refractivity contribution in [2.75, 3.05) is 23.7 Å². The number of thiazole rings is 1. The van der Waals surface area contributed by atoms with Crippen LogP contribution in [0.2, 0.25) is 0 Å². The average molecular weight is 406 g/mol. The second kappa shape index (κ2) is 7.41. The summed E-state index contributed by atoms with van der Waals surface area (Å²) >= 11 is 2.82. The predicted molar refractivity (Wildman–Crippen MR) is 104 cm³/mol. The summed E-state index contributed by atoms with van der Waals surface area (Å²) in [6.45, 7) is 3.13. The number of nitrogens with one attached hydrogen (secondary N) is 1. The van der Waals surface area contributed by atoms with Gasteiger partial charge in [-0.05, 0) is 36.8 Å². The zero-order chi connectivity index (χ0) is 19.0. The molecule has 1 aliphatic heterocycles. The van der Waals surface area contributed by atoms with E-state index >= 15 is 0 Å². The molecular weight excluding hydrogens is 390 g/mol. The quantitative estimate of drug-likeness (QED) is 0.603. The summed E-state index contributed by atoms with van der Waals surface area (Å²) < 4.78 is 35.4. The summed E-state index contributed by atoms with van der Waals surface area (Å²) in [5, 5.41) is 1.46. The molecule has 3 N–H and O–H groups in total. The lowest BCUT2D eigenvalue weighted by atomic mass is 10.0. The monoisotopic (exact) mass is 406 g/mol. The van der Waals surface area contributed by atoms with Crippen LogP contribution >= 0.6 is 23.3 Å². The van der Waals surface area contributed by atoms with Crippen LogP contribution < -0.4 is 10.5 Å². The van der Waals surface area contributed by atoms with Crippen molar-refractivity contribution in [1.29, 1.82) is 0 Å². The van der Waals surface area contributed by atoms with Gasteiger partial charge in [0.1, 0.15) is 5.03 Å². The van der Waals surface area contributed by atoms with E-state index < -0.39 is 11.6 Å². The summed E-state index contributed by atoms with van der Waals surface area (Å²) in [5.74, 6) is -1.55. The summed E-state index contributed by atoms with van der Waals surface area (Å²) in [6.07, 6.45) is 1.60. The highest BCUT2D eigenvalue weighted by Crippen LogP contribution is 2.40. The van der Waals surface area contributed by atoms with Crippen LogP contribution in [0, 0.1) is 18.6 Å². The Balaban J connectivity index is 1.62. The molecule has 0 saturated carbocycles. The Morgan fingerprint density at radius 2 is 2.07 bits per heavy atom. The molecule has 1 aliphatic rings. The molecule has 0 aliphatic carbocycles. The molecule has 1 aromatic carbocycles. The van der Waals surface area contributed by atoms with E-state index in [1.165, 1.54) is 29.4 Å². The van der Waals surface area contributed by atoms with Gasteiger partial charge in [-0.1, -0.05) is 0 Å². The lowest BCUT2D eigenvalue weighted by Gasteiger charge is -2.25. The minimum atomic E-state index is -0.887. The zero-order valence-corrected chi connectivity index (χ0v) is 16.0. The predicted octanol–water partition coefficient (Wildman–Crippen LogP) is 4.61. The fourth-order valence-corrected chi connectivity index (χ4v) is 4.43. The minimum absolute atomic E-state index is 0.211. The van der Waals surface area contributed by atoms with Crippen LogP contribution in [0.25, 0.3) is 11.3 Å². The number of benzene rings is 1. The van der Waals surface area contributed by atoms with Crippen molar-refractivity contribution < 1.29 is 13.5 Å². The molecule has 0 unspecified atom stereocenters. The molecule has 0 radical (unpaired) electrons. The van der Waals surface area contributed by atoms with Crippen LogP contribution in [-0.4, -0.2) is 23.2 Å². The maximum Gasteiger partial charge on any atom is 0.193 e. The maximum atomic E-state index is 13.7. The highest BCUT2D eigenvalue weighted by atomic mass is 32.2. The largest absolute Gasteiger partial charge is 0.397 e. The Morgan fingerprint density at radius 1 is 1.26 bits per heavy atom. The second-order valence-corrected chi connectivity index (χ2v) is 8.02. The lowest BCUT2D eigenvalue weighted by molar-refractivity contribution is 0.0100. The molecule has 4 rings (SSSR count). The average Bonchev–Trinajstić information content (AvgIpc) is 2.99. The number of hydrogen-bond acceptors (Lipinski definition) is 7. The van der Waals surface area contributed by atoms with Gasteiger partial charge in [0.15, 0.2) is 16.8 Å². The van der Waals surface area contributed by atoms with E-state index in [-0.39, 0.29) is 5.92 Å². The first kappa shape index (κ1) is 18.1. The molecule has 2 aromatic heterocycles. The van der Waals surface area contributed by atoms with Crippen LogP contribution in [0.3, 0.4) is 0 Å². The van der Waals surface area contributed by atoms with Gasteiger partial charge in [0.2, 0.25) is 0 Å². The summed E-state index contributed by atoms with van der Waals surface area (Å²) in [6, 6.07) is 5.69. The Hall–Kier alpha value is -2.23. The molecule has 5 nitrogen and oxygen atoms in total. The number of anilines is 2. The molecule has 9 heteroatoms. The normalized spacial score (nSPS) is 14.2. The van der Waals surface area contributed by atoms with E-state index in [4.69, 9.17) is 10.5 Å². The smallest absolute Gasteiger partial charge is 0.193 e. The van der Waals surface area contributed by atoms with Crippen molar-refractivity contribution in [2.45, 2.75) is 17.9 Å². The van der Waals surface area contributed by atoms with E-state index in [0.717, 1.165) is 21.5 Å². The van der Waals surface area contributed by atoms with E-state index in [1.807, 2.05) is 13.0 Å². The first-order valence-electron chi connectivity index (χ1n) is 8.20. The number of ether oxygens (including phenoxy) is 1. The summed E-state index contributed by atoms with van der Waals surface area (Å²) in [7, 11) is 0. The van der Waals surface area contributed by atoms with Gasteiger partial charge < -0.3 is 15.2 Å². The van der Waals surface area contributed by atoms with Crippen LogP contribution in [0.15, 0.2) is 35.5 Å². The molecule has 3 aromatic rings. The molecule has 140 valence electrons. The number of hydrogen-bond donors (Lipinski definition) is 2. The molecule has 0 bridgehead atoms. The van der Waals surface area contributed by atoms with Gasteiger partial charge in [-0.25, -0.2) is 18.7 Å². The van der Waals surface area contributed by atoms with E-state index in [0.29, 0.717) is 35.3 Å².